The molecule has 3 aromatic rings. The predicted molar refractivity (Wildman–Crippen MR) is 191 cm³/mol. The average molecular weight is 616 g/mol. The molecule has 0 aliphatic heterocycles. The summed E-state index contributed by atoms with van der Waals surface area (Å²) in [7, 11) is 4.78. The summed E-state index contributed by atoms with van der Waals surface area (Å²) in [5.74, 6) is 2.06. The summed E-state index contributed by atoms with van der Waals surface area (Å²) in [6.07, 6.45) is 1.25. The van der Waals surface area contributed by atoms with Gasteiger partial charge in [-0.05, 0) is 43.3 Å². The molecule has 0 aliphatic rings. The van der Waals surface area contributed by atoms with Gasteiger partial charge in [0.25, 0.3) is 0 Å². The quantitative estimate of drug-likeness (QED) is 0.268. The van der Waals surface area contributed by atoms with Crippen molar-refractivity contribution < 1.29 is 23.8 Å². The molecule has 250 valence electrons. The zero-order chi connectivity index (χ0) is 34.9. The Bertz CT molecular complexity index is 1090. The van der Waals surface area contributed by atoms with Crippen LogP contribution in [0.3, 0.4) is 0 Å². The Morgan fingerprint density at radius 2 is 1.05 bits per heavy atom. The molecule has 3 N–H and O–H groups in total. The van der Waals surface area contributed by atoms with E-state index >= 15 is 0 Å². The van der Waals surface area contributed by atoms with E-state index in [2.05, 4.69) is 19.2 Å². The van der Waals surface area contributed by atoms with Crippen LogP contribution >= 0.6 is 0 Å². The summed E-state index contributed by atoms with van der Waals surface area (Å²) in [6.45, 7) is 21.9. The summed E-state index contributed by atoms with van der Waals surface area (Å²) in [5, 5.41) is 2.66. The third kappa shape index (κ3) is 21.5. The first-order valence-corrected chi connectivity index (χ1v) is 15.4. The minimum atomic E-state index is -0.0977. The normalized spacial score (nSPS) is 8.23. The molecule has 0 saturated carbocycles. The molecule has 0 heterocycles. The fraction of sp³-hybridized carbons (Fsp3) is 0.444. The highest BCUT2D eigenvalue weighted by Gasteiger charge is 2.12. The molecule has 0 unspecified atom stereocenters. The second-order valence-electron chi connectivity index (χ2n) is 7.77. The fourth-order valence-electron chi connectivity index (χ4n) is 3.02. The molecule has 8 heteroatoms. The van der Waals surface area contributed by atoms with E-state index in [-0.39, 0.29) is 11.8 Å². The molecule has 2 amide bonds. The van der Waals surface area contributed by atoms with Gasteiger partial charge in [0, 0.05) is 20.4 Å². The van der Waals surface area contributed by atoms with E-state index in [0.29, 0.717) is 23.7 Å². The number of nitrogens with zero attached hydrogens (tertiary/aromatic N) is 1. The zero-order valence-electron chi connectivity index (χ0n) is 29.9. The number of amides is 2. The minimum Gasteiger partial charge on any atom is -0.495 e. The van der Waals surface area contributed by atoms with Crippen molar-refractivity contribution in [3.05, 3.63) is 72.8 Å². The first-order valence-electron chi connectivity index (χ1n) is 15.4. The number of rotatable bonds is 6. The largest absolute Gasteiger partial charge is 0.495 e. The number of carbonyl (C=O) groups is 2. The highest BCUT2D eigenvalue weighted by molar-refractivity contribution is 5.93. The number of methoxy groups -OCH3 is 3. The van der Waals surface area contributed by atoms with Crippen molar-refractivity contribution in [2.45, 2.75) is 82.6 Å². The van der Waals surface area contributed by atoms with Gasteiger partial charge >= 0.3 is 0 Å². The summed E-state index contributed by atoms with van der Waals surface area (Å²) in [5.41, 5.74) is 7.71. The number of hydrogen-bond acceptors (Lipinski definition) is 6. The fourth-order valence-corrected chi connectivity index (χ4v) is 3.02. The molecule has 0 fully saturated rings. The van der Waals surface area contributed by atoms with Crippen molar-refractivity contribution in [3.8, 4) is 17.2 Å². The molecule has 3 aromatic carbocycles. The van der Waals surface area contributed by atoms with E-state index in [1.807, 2.05) is 103 Å². The molecular formula is C36H61N3O5. The minimum absolute atomic E-state index is 0.0250. The van der Waals surface area contributed by atoms with Crippen molar-refractivity contribution in [1.29, 1.82) is 0 Å². The van der Waals surface area contributed by atoms with E-state index < -0.39 is 0 Å². The Morgan fingerprint density at radius 1 is 0.659 bits per heavy atom. The van der Waals surface area contributed by atoms with Gasteiger partial charge in [0.1, 0.15) is 17.2 Å². The van der Waals surface area contributed by atoms with Crippen molar-refractivity contribution in [2.75, 3.05) is 43.8 Å². The van der Waals surface area contributed by atoms with Crippen LogP contribution in [-0.2, 0) is 9.59 Å². The van der Waals surface area contributed by atoms with Gasteiger partial charge in [-0.25, -0.2) is 0 Å². The van der Waals surface area contributed by atoms with E-state index in [1.165, 1.54) is 13.3 Å². The molecular weight excluding hydrogens is 554 g/mol. The average Bonchev–Trinajstić information content (AvgIpc) is 3.05. The Labute approximate surface area is 268 Å². The van der Waals surface area contributed by atoms with Crippen LogP contribution in [0.15, 0.2) is 72.8 Å². The maximum Gasteiger partial charge on any atom is 0.223 e. The van der Waals surface area contributed by atoms with Gasteiger partial charge in [-0.1, -0.05) is 98.2 Å². The van der Waals surface area contributed by atoms with Crippen molar-refractivity contribution in [2.24, 2.45) is 0 Å². The van der Waals surface area contributed by atoms with Gasteiger partial charge < -0.3 is 30.2 Å². The van der Waals surface area contributed by atoms with Crippen LogP contribution in [0.5, 0.6) is 17.2 Å². The first-order chi connectivity index (χ1) is 21.2. The lowest BCUT2D eigenvalue weighted by molar-refractivity contribution is -0.116. The van der Waals surface area contributed by atoms with E-state index in [1.54, 1.807) is 51.4 Å². The smallest absolute Gasteiger partial charge is 0.223 e. The van der Waals surface area contributed by atoms with Gasteiger partial charge in [-0.3, -0.25) is 9.59 Å². The molecule has 0 aliphatic carbocycles. The van der Waals surface area contributed by atoms with Crippen molar-refractivity contribution in [3.63, 3.8) is 0 Å². The number of carbonyl (C=O) groups excluding carboxylic acids is 2. The van der Waals surface area contributed by atoms with Crippen molar-refractivity contribution in [1.82, 2.24) is 0 Å². The maximum atomic E-state index is 11.3. The molecule has 0 radical (unpaired) electrons. The summed E-state index contributed by atoms with van der Waals surface area (Å²) in [4.78, 5) is 23.7. The number of nitrogen functional groups attached to an aromatic ring is 1. The molecule has 0 atom stereocenters. The second-order valence-corrected chi connectivity index (χ2v) is 7.77. The number of anilines is 3. The standard InChI is InChI=1S/C11H15NO2.C9H11NO2.C7H9NO.C3H8.3C2H6/c1-4-12(9(2)13)10-7-5-6-8-11(10)14-3;1-7(11)10-8-5-3-4-6-9(8)12-2;1-9-7-5-3-2-4-6(7)8;1-3-2;3*1-2/h5-8H,4H2,1-3H3;3-6H,1-2H3,(H,10,11);2-5H,8H2,1H3;3H2,1-2H3;3*1-2H3. The van der Waals surface area contributed by atoms with Gasteiger partial charge in [0.15, 0.2) is 0 Å². The summed E-state index contributed by atoms with van der Waals surface area (Å²) in [6, 6.07) is 22.2. The number of nitrogens with one attached hydrogen (secondary N) is 1. The van der Waals surface area contributed by atoms with Gasteiger partial charge in [0.2, 0.25) is 11.8 Å². The monoisotopic (exact) mass is 615 g/mol. The lowest BCUT2D eigenvalue weighted by Gasteiger charge is -2.21. The van der Waals surface area contributed by atoms with Crippen LogP contribution in [0.1, 0.15) is 82.6 Å². The second kappa shape index (κ2) is 33.3. The third-order valence-electron chi connectivity index (χ3n) is 4.63. The van der Waals surface area contributed by atoms with Gasteiger partial charge in [-0.15, -0.1) is 0 Å². The van der Waals surface area contributed by atoms with Crippen molar-refractivity contribution >= 4 is 28.9 Å². The third-order valence-corrected chi connectivity index (χ3v) is 4.63. The van der Waals surface area contributed by atoms with Crippen LogP contribution in [-0.4, -0.2) is 39.7 Å². The van der Waals surface area contributed by atoms with Crippen LogP contribution in [0.25, 0.3) is 0 Å². The Hall–Kier alpha value is -4.20. The molecule has 8 nitrogen and oxygen atoms in total. The number of benzene rings is 3. The van der Waals surface area contributed by atoms with Gasteiger partial charge in [-0.2, -0.15) is 0 Å². The summed E-state index contributed by atoms with van der Waals surface area (Å²) >= 11 is 0. The molecule has 0 saturated heterocycles. The van der Waals surface area contributed by atoms with E-state index in [4.69, 9.17) is 19.9 Å². The lowest BCUT2D eigenvalue weighted by atomic mass is 10.2. The molecule has 0 bridgehead atoms. The SMILES string of the molecule is CC.CC.CC.CCC.CCN(C(C)=O)c1ccccc1OC.COc1ccccc1N.COc1ccccc1NC(C)=O. The number of ether oxygens (including phenoxy) is 3. The topological polar surface area (TPSA) is 103 Å². The highest BCUT2D eigenvalue weighted by atomic mass is 16.5. The predicted octanol–water partition coefficient (Wildman–Crippen LogP) is 9.49. The molecule has 44 heavy (non-hydrogen) atoms. The molecule has 3 rings (SSSR count). The lowest BCUT2D eigenvalue weighted by Crippen LogP contribution is -2.28. The van der Waals surface area contributed by atoms with Crippen LogP contribution in [0, 0.1) is 0 Å². The maximum absolute atomic E-state index is 11.3. The van der Waals surface area contributed by atoms with Gasteiger partial charge in [0.05, 0.1) is 38.4 Å². The number of para-hydroxylation sites is 6. The molecule has 0 spiro atoms. The van der Waals surface area contributed by atoms with Crippen LogP contribution in [0.2, 0.25) is 0 Å². The Balaban J connectivity index is -0.000000244. The highest BCUT2D eigenvalue weighted by Crippen LogP contribution is 2.27. The van der Waals surface area contributed by atoms with E-state index in [9.17, 15) is 9.59 Å². The zero-order valence-corrected chi connectivity index (χ0v) is 29.9. The Kier molecular flexibility index (Phi) is 35.4. The Morgan fingerprint density at radius 3 is 1.41 bits per heavy atom. The van der Waals surface area contributed by atoms with Crippen LogP contribution in [0.4, 0.5) is 17.1 Å². The summed E-state index contributed by atoms with van der Waals surface area (Å²) < 4.78 is 15.1. The number of hydrogen-bond donors (Lipinski definition) is 2. The molecule has 0 aromatic heterocycles. The van der Waals surface area contributed by atoms with E-state index in [0.717, 1.165) is 17.2 Å². The number of nitrogens with two attached hydrogens (primary N) is 1. The van der Waals surface area contributed by atoms with Crippen LogP contribution < -0.4 is 30.2 Å². The first kappa shape index (κ1) is 46.7.